The van der Waals surface area contributed by atoms with E-state index in [1.54, 1.807) is 25.3 Å². The summed E-state index contributed by atoms with van der Waals surface area (Å²) in [5.74, 6) is 0.581. The van der Waals surface area contributed by atoms with Crippen LogP contribution in [0, 0.1) is 0 Å². The van der Waals surface area contributed by atoms with E-state index in [-0.39, 0.29) is 11.9 Å². The first-order chi connectivity index (χ1) is 8.08. The van der Waals surface area contributed by atoms with Crippen LogP contribution in [0.5, 0.6) is 5.75 Å². The van der Waals surface area contributed by atoms with Gasteiger partial charge in [-0.3, -0.25) is 4.79 Å². The summed E-state index contributed by atoms with van der Waals surface area (Å²) in [6.45, 7) is 1.93. The van der Waals surface area contributed by atoms with E-state index >= 15 is 0 Å². The number of ketones is 1. The zero-order valence-corrected chi connectivity index (χ0v) is 11.1. The van der Waals surface area contributed by atoms with Crippen molar-refractivity contribution in [2.75, 3.05) is 14.2 Å². The van der Waals surface area contributed by atoms with E-state index < -0.39 is 0 Å². The molecule has 0 aliphatic heterocycles. The summed E-state index contributed by atoms with van der Waals surface area (Å²) in [7, 11) is 3.17. The first-order valence-electron chi connectivity index (χ1n) is 5.48. The molecule has 0 spiro atoms. The van der Waals surface area contributed by atoms with Gasteiger partial charge in [0.05, 0.1) is 18.8 Å². The van der Waals surface area contributed by atoms with Gasteiger partial charge >= 0.3 is 0 Å². The number of halogens is 1. The summed E-state index contributed by atoms with van der Waals surface area (Å²) < 4.78 is 10.3. The van der Waals surface area contributed by atoms with Crippen LogP contribution in [-0.2, 0) is 4.74 Å². The molecule has 0 bridgehead atoms. The van der Waals surface area contributed by atoms with Gasteiger partial charge in [0, 0.05) is 18.6 Å². The van der Waals surface area contributed by atoms with Gasteiger partial charge in [-0.2, -0.15) is 0 Å². The Labute approximate surface area is 107 Å². The number of ether oxygens (including phenoxy) is 2. The van der Waals surface area contributed by atoms with Crippen molar-refractivity contribution < 1.29 is 14.3 Å². The molecule has 4 heteroatoms. The zero-order valence-electron chi connectivity index (χ0n) is 10.3. The van der Waals surface area contributed by atoms with Gasteiger partial charge in [0.25, 0.3) is 0 Å². The first-order valence-corrected chi connectivity index (χ1v) is 5.85. The SMILES string of the molecule is COc1ccc(Cl)cc1C(=O)CCC(C)OC. The maximum Gasteiger partial charge on any atom is 0.166 e. The number of hydrogen-bond donors (Lipinski definition) is 0. The monoisotopic (exact) mass is 256 g/mol. The van der Waals surface area contributed by atoms with Crippen LogP contribution in [0.2, 0.25) is 5.02 Å². The fourth-order valence-electron chi connectivity index (χ4n) is 1.48. The molecule has 0 N–H and O–H groups in total. The van der Waals surface area contributed by atoms with Crippen molar-refractivity contribution in [2.45, 2.75) is 25.9 Å². The zero-order chi connectivity index (χ0) is 12.8. The Morgan fingerprint density at radius 3 is 2.71 bits per heavy atom. The summed E-state index contributed by atoms with van der Waals surface area (Å²) >= 11 is 5.88. The average Bonchev–Trinajstić information content (AvgIpc) is 2.35. The molecule has 1 atom stereocenters. The average molecular weight is 257 g/mol. The Morgan fingerprint density at radius 2 is 2.12 bits per heavy atom. The van der Waals surface area contributed by atoms with Gasteiger partial charge in [0.1, 0.15) is 5.75 Å². The molecule has 0 aliphatic carbocycles. The predicted molar refractivity (Wildman–Crippen MR) is 68.0 cm³/mol. The van der Waals surface area contributed by atoms with Crippen molar-refractivity contribution in [3.63, 3.8) is 0 Å². The highest BCUT2D eigenvalue weighted by atomic mass is 35.5. The standard InChI is InChI=1S/C13H17ClO3/c1-9(16-2)4-6-12(15)11-8-10(14)5-7-13(11)17-3/h5,7-9H,4,6H2,1-3H3. The smallest absolute Gasteiger partial charge is 0.166 e. The highest BCUT2D eigenvalue weighted by molar-refractivity contribution is 6.31. The maximum absolute atomic E-state index is 12.0. The Hall–Kier alpha value is -1.06. The molecule has 0 saturated heterocycles. The molecular weight excluding hydrogens is 240 g/mol. The van der Waals surface area contributed by atoms with Crippen LogP contribution in [-0.4, -0.2) is 26.1 Å². The van der Waals surface area contributed by atoms with Gasteiger partial charge in [-0.1, -0.05) is 11.6 Å². The van der Waals surface area contributed by atoms with Gasteiger partial charge in [-0.15, -0.1) is 0 Å². The van der Waals surface area contributed by atoms with Crippen LogP contribution in [0.1, 0.15) is 30.1 Å². The Bertz CT molecular complexity index is 390. The van der Waals surface area contributed by atoms with E-state index in [1.165, 1.54) is 7.11 Å². The van der Waals surface area contributed by atoms with Crippen LogP contribution in [0.15, 0.2) is 18.2 Å². The van der Waals surface area contributed by atoms with Gasteiger partial charge in [0.15, 0.2) is 5.78 Å². The number of hydrogen-bond acceptors (Lipinski definition) is 3. The molecule has 0 amide bonds. The van der Waals surface area contributed by atoms with E-state index in [0.29, 0.717) is 29.2 Å². The minimum atomic E-state index is 0.0215. The van der Waals surface area contributed by atoms with Crippen LogP contribution < -0.4 is 4.74 Å². The van der Waals surface area contributed by atoms with Gasteiger partial charge < -0.3 is 9.47 Å². The number of rotatable bonds is 6. The second-order valence-corrected chi connectivity index (χ2v) is 4.29. The van der Waals surface area contributed by atoms with Crippen molar-refractivity contribution in [3.05, 3.63) is 28.8 Å². The third-order valence-electron chi connectivity index (χ3n) is 2.64. The van der Waals surface area contributed by atoms with E-state index in [4.69, 9.17) is 21.1 Å². The van der Waals surface area contributed by atoms with Crippen LogP contribution >= 0.6 is 11.6 Å². The second-order valence-electron chi connectivity index (χ2n) is 3.85. The van der Waals surface area contributed by atoms with Crippen LogP contribution in [0.25, 0.3) is 0 Å². The van der Waals surface area contributed by atoms with E-state index in [1.807, 2.05) is 6.92 Å². The summed E-state index contributed by atoms with van der Waals surface area (Å²) in [6, 6.07) is 5.05. The van der Waals surface area contributed by atoms with E-state index in [2.05, 4.69) is 0 Å². The summed E-state index contributed by atoms with van der Waals surface area (Å²) in [5, 5.41) is 0.536. The lowest BCUT2D eigenvalue weighted by atomic mass is 10.0. The molecule has 0 aromatic heterocycles. The third-order valence-corrected chi connectivity index (χ3v) is 2.88. The molecule has 0 aliphatic rings. The molecule has 1 aromatic carbocycles. The predicted octanol–water partition coefficient (Wildman–Crippen LogP) is 3.35. The molecule has 0 saturated carbocycles. The molecule has 1 aromatic rings. The second kappa shape index (κ2) is 6.62. The lowest BCUT2D eigenvalue weighted by molar-refractivity contribution is 0.0875. The van der Waals surface area contributed by atoms with E-state index in [9.17, 15) is 4.79 Å². The molecule has 0 radical (unpaired) electrons. The fourth-order valence-corrected chi connectivity index (χ4v) is 1.66. The minimum Gasteiger partial charge on any atom is -0.496 e. The quantitative estimate of drug-likeness (QED) is 0.733. The Kier molecular flexibility index (Phi) is 5.45. The molecule has 94 valence electrons. The maximum atomic E-state index is 12.0. The Morgan fingerprint density at radius 1 is 1.41 bits per heavy atom. The van der Waals surface area contributed by atoms with Crippen molar-refractivity contribution in [1.82, 2.24) is 0 Å². The Balaban J connectivity index is 2.77. The number of methoxy groups -OCH3 is 2. The van der Waals surface area contributed by atoms with Crippen molar-refractivity contribution >= 4 is 17.4 Å². The van der Waals surface area contributed by atoms with Crippen molar-refractivity contribution in [2.24, 2.45) is 0 Å². The molecule has 1 rings (SSSR count). The summed E-state index contributed by atoms with van der Waals surface area (Å²) in [6.07, 6.45) is 1.18. The first kappa shape index (κ1) is 14.0. The van der Waals surface area contributed by atoms with Crippen LogP contribution in [0.4, 0.5) is 0 Å². The van der Waals surface area contributed by atoms with Crippen LogP contribution in [0.3, 0.4) is 0 Å². The molecule has 3 nitrogen and oxygen atoms in total. The van der Waals surface area contributed by atoms with Crippen molar-refractivity contribution in [1.29, 1.82) is 0 Å². The van der Waals surface area contributed by atoms with Crippen molar-refractivity contribution in [3.8, 4) is 5.75 Å². The van der Waals surface area contributed by atoms with Gasteiger partial charge in [-0.05, 0) is 31.5 Å². The van der Waals surface area contributed by atoms with E-state index in [0.717, 1.165) is 0 Å². The number of benzene rings is 1. The number of carbonyl (C=O) groups excluding carboxylic acids is 1. The number of Topliss-reactive ketones (excluding diaryl/α,β-unsaturated/α-hetero) is 1. The van der Waals surface area contributed by atoms with Gasteiger partial charge in [0.2, 0.25) is 0 Å². The molecule has 17 heavy (non-hydrogen) atoms. The molecule has 1 unspecified atom stereocenters. The highest BCUT2D eigenvalue weighted by Gasteiger charge is 2.14. The highest BCUT2D eigenvalue weighted by Crippen LogP contribution is 2.24. The topological polar surface area (TPSA) is 35.5 Å². The fraction of sp³-hybridized carbons (Fsp3) is 0.462. The third kappa shape index (κ3) is 4.02. The number of carbonyl (C=O) groups is 1. The molecule has 0 fully saturated rings. The summed E-state index contributed by atoms with van der Waals surface area (Å²) in [5.41, 5.74) is 0.531. The lowest BCUT2D eigenvalue weighted by Gasteiger charge is -2.10. The molecule has 0 heterocycles. The molecular formula is C13H17ClO3. The normalized spacial score (nSPS) is 12.2. The largest absolute Gasteiger partial charge is 0.496 e. The lowest BCUT2D eigenvalue weighted by Crippen LogP contribution is -2.09. The van der Waals surface area contributed by atoms with Gasteiger partial charge in [-0.25, -0.2) is 0 Å². The summed E-state index contributed by atoms with van der Waals surface area (Å²) in [4.78, 5) is 12.0. The minimum absolute atomic E-state index is 0.0215.